The van der Waals surface area contributed by atoms with Crippen LogP contribution in [0.4, 0.5) is 0 Å². The summed E-state index contributed by atoms with van der Waals surface area (Å²) >= 11 is 5.92. The number of fused-ring (bicyclic) bond motifs is 1. The maximum Gasteiger partial charge on any atom is 0.120 e. The van der Waals surface area contributed by atoms with Crippen molar-refractivity contribution in [3.05, 3.63) is 29.3 Å². The fourth-order valence-corrected chi connectivity index (χ4v) is 3.16. The van der Waals surface area contributed by atoms with E-state index in [4.69, 9.17) is 16.3 Å². The number of ether oxygens (including phenoxy) is 1. The first-order valence-corrected chi connectivity index (χ1v) is 7.00. The second-order valence-electron chi connectivity index (χ2n) is 5.24. The van der Waals surface area contributed by atoms with Crippen LogP contribution in [0.25, 0.3) is 0 Å². The Morgan fingerprint density at radius 1 is 1.28 bits per heavy atom. The molecule has 4 heteroatoms. The minimum Gasteiger partial charge on any atom is -0.492 e. The van der Waals surface area contributed by atoms with Gasteiger partial charge in [-0.1, -0.05) is 17.7 Å². The summed E-state index contributed by atoms with van der Waals surface area (Å²) in [6.07, 6.45) is 0. The van der Waals surface area contributed by atoms with Crippen LogP contribution >= 0.6 is 11.6 Å². The Bertz CT molecular complexity index is 401. The summed E-state index contributed by atoms with van der Waals surface area (Å²) in [4.78, 5) is 2.51. The number of halogens is 1. The Morgan fingerprint density at radius 2 is 2.06 bits per heavy atom. The Kier molecular flexibility index (Phi) is 3.73. The summed E-state index contributed by atoms with van der Waals surface area (Å²) in [6.45, 7) is 6.58. The molecule has 0 bridgehead atoms. The van der Waals surface area contributed by atoms with Crippen molar-refractivity contribution in [3.63, 3.8) is 0 Å². The van der Waals surface area contributed by atoms with Gasteiger partial charge in [-0.25, -0.2) is 0 Å². The Morgan fingerprint density at radius 3 is 2.78 bits per heavy atom. The van der Waals surface area contributed by atoms with Crippen molar-refractivity contribution in [2.45, 2.75) is 0 Å². The predicted octanol–water partition coefficient (Wildman–Crippen LogP) is 1.87. The van der Waals surface area contributed by atoms with Gasteiger partial charge in [-0.05, 0) is 43.1 Å². The highest BCUT2D eigenvalue weighted by molar-refractivity contribution is 6.30. The van der Waals surface area contributed by atoms with E-state index >= 15 is 0 Å². The van der Waals surface area contributed by atoms with Gasteiger partial charge in [-0.3, -0.25) is 4.90 Å². The second kappa shape index (κ2) is 5.47. The molecule has 1 aromatic rings. The molecule has 18 heavy (non-hydrogen) atoms. The molecule has 0 saturated carbocycles. The molecule has 2 saturated heterocycles. The molecule has 0 spiro atoms. The van der Waals surface area contributed by atoms with Gasteiger partial charge in [0.15, 0.2) is 0 Å². The van der Waals surface area contributed by atoms with E-state index in [-0.39, 0.29) is 0 Å². The monoisotopic (exact) mass is 266 g/mol. The Hall–Kier alpha value is -0.770. The maximum absolute atomic E-state index is 5.92. The lowest BCUT2D eigenvalue weighted by Crippen LogP contribution is -2.29. The number of rotatable bonds is 4. The summed E-state index contributed by atoms with van der Waals surface area (Å²) in [5.74, 6) is 2.58. The van der Waals surface area contributed by atoms with E-state index in [9.17, 15) is 0 Å². The highest BCUT2D eigenvalue weighted by Crippen LogP contribution is 2.26. The van der Waals surface area contributed by atoms with Crippen LogP contribution in [-0.4, -0.2) is 44.2 Å². The summed E-state index contributed by atoms with van der Waals surface area (Å²) in [5.41, 5.74) is 0. The van der Waals surface area contributed by atoms with Crippen LogP contribution in [-0.2, 0) is 0 Å². The van der Waals surface area contributed by atoms with Crippen molar-refractivity contribution in [2.24, 2.45) is 11.8 Å². The first-order valence-electron chi connectivity index (χ1n) is 6.63. The van der Waals surface area contributed by atoms with E-state index in [0.717, 1.165) is 35.8 Å². The SMILES string of the molecule is Clc1cccc(OCCN2C[C@H]3CNC[C@H]3C2)c1. The number of likely N-dealkylation sites (tertiary alicyclic amines) is 1. The first kappa shape index (κ1) is 12.3. The van der Waals surface area contributed by atoms with Gasteiger partial charge in [0.2, 0.25) is 0 Å². The van der Waals surface area contributed by atoms with Gasteiger partial charge >= 0.3 is 0 Å². The lowest BCUT2D eigenvalue weighted by Gasteiger charge is -2.17. The summed E-state index contributed by atoms with van der Waals surface area (Å²) < 4.78 is 5.73. The summed E-state index contributed by atoms with van der Waals surface area (Å²) in [5, 5.41) is 4.19. The Labute approximate surface area is 113 Å². The van der Waals surface area contributed by atoms with Gasteiger partial charge in [0, 0.05) is 24.7 Å². The van der Waals surface area contributed by atoms with E-state index in [2.05, 4.69) is 10.2 Å². The summed E-state index contributed by atoms with van der Waals surface area (Å²) in [6, 6.07) is 7.60. The van der Waals surface area contributed by atoms with Crippen LogP contribution in [0.15, 0.2) is 24.3 Å². The third kappa shape index (κ3) is 2.79. The number of nitrogens with zero attached hydrogens (tertiary/aromatic N) is 1. The van der Waals surface area contributed by atoms with Crippen molar-refractivity contribution < 1.29 is 4.74 Å². The number of hydrogen-bond donors (Lipinski definition) is 1. The molecule has 0 unspecified atom stereocenters. The third-order valence-electron chi connectivity index (χ3n) is 3.94. The molecule has 2 heterocycles. The topological polar surface area (TPSA) is 24.5 Å². The molecule has 2 aliphatic rings. The third-order valence-corrected chi connectivity index (χ3v) is 4.17. The van der Waals surface area contributed by atoms with Crippen LogP contribution in [0.2, 0.25) is 5.02 Å². The zero-order chi connectivity index (χ0) is 12.4. The zero-order valence-corrected chi connectivity index (χ0v) is 11.2. The number of hydrogen-bond acceptors (Lipinski definition) is 3. The highest BCUT2D eigenvalue weighted by Gasteiger charge is 2.35. The molecule has 0 aromatic heterocycles. The van der Waals surface area contributed by atoms with E-state index < -0.39 is 0 Å². The van der Waals surface area contributed by atoms with Crippen LogP contribution < -0.4 is 10.1 Å². The maximum atomic E-state index is 5.92. The van der Waals surface area contributed by atoms with Crippen LogP contribution in [0.5, 0.6) is 5.75 Å². The fraction of sp³-hybridized carbons (Fsp3) is 0.571. The summed E-state index contributed by atoms with van der Waals surface area (Å²) in [7, 11) is 0. The molecular weight excluding hydrogens is 248 g/mol. The van der Waals surface area contributed by atoms with Gasteiger partial charge < -0.3 is 10.1 Å². The minimum absolute atomic E-state index is 0.731. The number of nitrogens with one attached hydrogen (secondary N) is 1. The first-order chi connectivity index (χ1) is 8.81. The zero-order valence-electron chi connectivity index (χ0n) is 10.4. The normalized spacial score (nSPS) is 27.4. The van der Waals surface area contributed by atoms with E-state index in [1.807, 2.05) is 24.3 Å². The van der Waals surface area contributed by atoms with Crippen LogP contribution in [0.1, 0.15) is 0 Å². The molecule has 2 aliphatic heterocycles. The molecule has 3 nitrogen and oxygen atoms in total. The minimum atomic E-state index is 0.731. The molecule has 1 N–H and O–H groups in total. The lowest BCUT2D eigenvalue weighted by molar-refractivity contribution is 0.228. The van der Waals surface area contributed by atoms with Gasteiger partial charge in [-0.2, -0.15) is 0 Å². The van der Waals surface area contributed by atoms with Crippen molar-refractivity contribution in [2.75, 3.05) is 39.3 Å². The number of benzene rings is 1. The lowest BCUT2D eigenvalue weighted by atomic mass is 10.0. The average Bonchev–Trinajstić information content (AvgIpc) is 2.89. The van der Waals surface area contributed by atoms with Gasteiger partial charge in [-0.15, -0.1) is 0 Å². The molecule has 0 aliphatic carbocycles. The standard InChI is InChI=1S/C14H19ClN2O/c15-13-2-1-3-14(6-13)18-5-4-17-9-11-7-16-8-12(11)10-17/h1-3,6,11-12,16H,4-5,7-10H2/t11-,12+. The van der Waals surface area contributed by atoms with Gasteiger partial charge in [0.1, 0.15) is 12.4 Å². The molecule has 0 radical (unpaired) electrons. The fourth-order valence-electron chi connectivity index (χ4n) is 2.98. The van der Waals surface area contributed by atoms with Crippen molar-refractivity contribution in [3.8, 4) is 5.75 Å². The van der Waals surface area contributed by atoms with Crippen molar-refractivity contribution in [1.29, 1.82) is 0 Å². The molecule has 1 aromatic carbocycles. The highest BCUT2D eigenvalue weighted by atomic mass is 35.5. The van der Waals surface area contributed by atoms with Gasteiger partial charge in [0.05, 0.1) is 0 Å². The van der Waals surface area contributed by atoms with Crippen LogP contribution in [0, 0.1) is 11.8 Å². The molecule has 3 rings (SSSR count). The molecule has 2 atom stereocenters. The van der Waals surface area contributed by atoms with E-state index in [0.29, 0.717) is 0 Å². The quantitative estimate of drug-likeness (QED) is 0.901. The molecular formula is C14H19ClN2O. The molecule has 2 fully saturated rings. The van der Waals surface area contributed by atoms with E-state index in [1.165, 1.54) is 26.2 Å². The molecule has 98 valence electrons. The van der Waals surface area contributed by atoms with E-state index in [1.54, 1.807) is 0 Å². The van der Waals surface area contributed by atoms with Gasteiger partial charge in [0.25, 0.3) is 0 Å². The predicted molar refractivity (Wildman–Crippen MR) is 73.2 cm³/mol. The Balaban J connectivity index is 1.43. The van der Waals surface area contributed by atoms with Crippen molar-refractivity contribution in [1.82, 2.24) is 10.2 Å². The van der Waals surface area contributed by atoms with Crippen molar-refractivity contribution >= 4 is 11.6 Å². The second-order valence-corrected chi connectivity index (χ2v) is 5.68. The van der Waals surface area contributed by atoms with Crippen LogP contribution in [0.3, 0.4) is 0 Å². The molecule has 0 amide bonds. The average molecular weight is 267 g/mol. The largest absolute Gasteiger partial charge is 0.492 e. The smallest absolute Gasteiger partial charge is 0.120 e.